The molecule has 2 rings (SSSR count). The number of nitrogens with one attached hydrogen (secondary N) is 1. The van der Waals surface area contributed by atoms with Crippen LogP contribution in [0.1, 0.15) is 15.9 Å². The lowest BCUT2D eigenvalue weighted by molar-refractivity contribution is 0.1000. The Balaban J connectivity index is 1.99. The molecule has 0 fully saturated rings. The van der Waals surface area contributed by atoms with Crippen molar-refractivity contribution in [2.75, 3.05) is 12.4 Å². The molecule has 0 spiro atoms. The lowest BCUT2D eigenvalue weighted by Gasteiger charge is -2.07. The van der Waals surface area contributed by atoms with E-state index in [-0.39, 0.29) is 5.96 Å². The summed E-state index contributed by atoms with van der Waals surface area (Å²) in [5.41, 5.74) is 13.2. The van der Waals surface area contributed by atoms with E-state index in [1.807, 2.05) is 30.3 Å². The third-order valence-electron chi connectivity index (χ3n) is 3.01. The van der Waals surface area contributed by atoms with Gasteiger partial charge in [-0.3, -0.25) is 4.79 Å². The van der Waals surface area contributed by atoms with Crippen molar-refractivity contribution in [2.24, 2.45) is 16.5 Å². The van der Waals surface area contributed by atoms with Crippen molar-refractivity contribution in [1.82, 2.24) is 0 Å². The van der Waals surface area contributed by atoms with Crippen LogP contribution in [0.15, 0.2) is 53.5 Å². The second-order valence-corrected chi connectivity index (χ2v) is 4.62. The number of amides is 1. The fraction of sp³-hybridized carbons (Fsp3) is 0.125. The van der Waals surface area contributed by atoms with Crippen LogP contribution in [0.2, 0.25) is 0 Å². The number of carbonyl (C=O) groups is 1. The average Bonchev–Trinajstić information content (AvgIpc) is 2.54. The molecular weight excluding hydrogens is 280 g/mol. The van der Waals surface area contributed by atoms with Gasteiger partial charge in [-0.05, 0) is 42.0 Å². The first-order chi connectivity index (χ1) is 10.6. The fourth-order valence-corrected chi connectivity index (χ4v) is 1.86. The number of ether oxygens (including phenoxy) is 1. The van der Waals surface area contributed by atoms with E-state index < -0.39 is 5.91 Å². The quantitative estimate of drug-likeness (QED) is 0.577. The number of hydrogen-bond acceptors (Lipinski definition) is 3. The zero-order valence-electron chi connectivity index (χ0n) is 12.2. The summed E-state index contributed by atoms with van der Waals surface area (Å²) in [7, 11) is 1.61. The summed E-state index contributed by atoms with van der Waals surface area (Å²) < 4.78 is 5.08. The third kappa shape index (κ3) is 4.24. The Bertz CT molecular complexity index is 681. The van der Waals surface area contributed by atoms with Gasteiger partial charge in [0.2, 0.25) is 5.91 Å². The molecule has 2 aromatic rings. The molecule has 114 valence electrons. The van der Waals surface area contributed by atoms with Crippen LogP contribution in [0.4, 0.5) is 5.69 Å². The van der Waals surface area contributed by atoms with Crippen LogP contribution < -0.4 is 21.5 Å². The molecule has 0 saturated heterocycles. The third-order valence-corrected chi connectivity index (χ3v) is 3.01. The Kier molecular flexibility index (Phi) is 4.98. The number of nitrogens with zero attached hydrogens (tertiary/aromatic N) is 1. The van der Waals surface area contributed by atoms with Gasteiger partial charge in [-0.2, -0.15) is 0 Å². The summed E-state index contributed by atoms with van der Waals surface area (Å²) in [5, 5.41) is 2.98. The van der Waals surface area contributed by atoms with E-state index in [0.29, 0.717) is 12.1 Å². The minimum Gasteiger partial charge on any atom is -0.497 e. The summed E-state index contributed by atoms with van der Waals surface area (Å²) in [4.78, 5) is 15.4. The highest BCUT2D eigenvalue weighted by molar-refractivity contribution is 5.93. The van der Waals surface area contributed by atoms with Crippen LogP contribution in [-0.2, 0) is 6.54 Å². The first kappa shape index (κ1) is 15.4. The number of primary amides is 1. The number of carbonyl (C=O) groups excluding carboxylic acids is 1. The van der Waals surface area contributed by atoms with E-state index in [9.17, 15) is 4.79 Å². The van der Waals surface area contributed by atoms with E-state index in [0.717, 1.165) is 17.0 Å². The number of aliphatic imine (C=N–C) groups is 1. The zero-order valence-corrected chi connectivity index (χ0v) is 12.2. The Morgan fingerprint density at radius 2 is 1.91 bits per heavy atom. The second-order valence-electron chi connectivity index (χ2n) is 4.62. The minimum atomic E-state index is -0.463. The summed E-state index contributed by atoms with van der Waals surface area (Å²) in [6, 6.07) is 14.3. The molecule has 5 N–H and O–H groups in total. The molecule has 0 heterocycles. The van der Waals surface area contributed by atoms with Crippen LogP contribution in [0.3, 0.4) is 0 Å². The van der Waals surface area contributed by atoms with Gasteiger partial charge in [0.25, 0.3) is 0 Å². The molecule has 0 bridgehead atoms. The number of methoxy groups -OCH3 is 1. The number of nitrogens with two attached hydrogens (primary N) is 2. The van der Waals surface area contributed by atoms with Crippen molar-refractivity contribution in [2.45, 2.75) is 6.54 Å². The topological polar surface area (TPSA) is 103 Å². The maximum atomic E-state index is 11.1. The number of benzene rings is 2. The fourth-order valence-electron chi connectivity index (χ4n) is 1.86. The van der Waals surface area contributed by atoms with Crippen molar-refractivity contribution in [1.29, 1.82) is 0 Å². The smallest absolute Gasteiger partial charge is 0.248 e. The van der Waals surface area contributed by atoms with E-state index in [2.05, 4.69) is 10.3 Å². The largest absolute Gasteiger partial charge is 0.497 e. The Labute approximate surface area is 128 Å². The minimum absolute atomic E-state index is 0.287. The maximum absolute atomic E-state index is 11.1. The lowest BCUT2D eigenvalue weighted by Crippen LogP contribution is -2.22. The lowest BCUT2D eigenvalue weighted by atomic mass is 10.1. The van der Waals surface area contributed by atoms with Gasteiger partial charge in [-0.15, -0.1) is 0 Å². The molecule has 0 aliphatic carbocycles. The first-order valence-electron chi connectivity index (χ1n) is 6.68. The molecule has 0 radical (unpaired) electrons. The summed E-state index contributed by atoms with van der Waals surface area (Å²) in [6.07, 6.45) is 0. The Morgan fingerprint density at radius 1 is 1.18 bits per heavy atom. The summed E-state index contributed by atoms with van der Waals surface area (Å²) >= 11 is 0. The molecule has 2 aromatic carbocycles. The highest BCUT2D eigenvalue weighted by atomic mass is 16.5. The first-order valence-corrected chi connectivity index (χ1v) is 6.68. The highest BCUT2D eigenvalue weighted by Gasteiger charge is 2.01. The van der Waals surface area contributed by atoms with Gasteiger partial charge in [-0.25, -0.2) is 4.99 Å². The predicted molar refractivity (Wildman–Crippen MR) is 86.9 cm³/mol. The molecule has 22 heavy (non-hydrogen) atoms. The Hall–Kier alpha value is -3.02. The highest BCUT2D eigenvalue weighted by Crippen LogP contribution is 2.14. The van der Waals surface area contributed by atoms with E-state index >= 15 is 0 Å². The van der Waals surface area contributed by atoms with Crippen LogP contribution >= 0.6 is 0 Å². The molecule has 6 heteroatoms. The van der Waals surface area contributed by atoms with Crippen LogP contribution in [0.25, 0.3) is 0 Å². The van der Waals surface area contributed by atoms with Crippen molar-refractivity contribution >= 4 is 17.6 Å². The molecule has 0 aliphatic heterocycles. The molecule has 0 atom stereocenters. The maximum Gasteiger partial charge on any atom is 0.248 e. The number of hydrogen-bond donors (Lipinski definition) is 3. The second kappa shape index (κ2) is 7.12. The number of anilines is 1. The van der Waals surface area contributed by atoms with Crippen molar-refractivity contribution in [3.8, 4) is 5.75 Å². The van der Waals surface area contributed by atoms with Gasteiger partial charge < -0.3 is 21.5 Å². The van der Waals surface area contributed by atoms with Gasteiger partial charge in [0.15, 0.2) is 5.96 Å². The molecule has 0 aromatic heterocycles. The number of rotatable bonds is 5. The van der Waals surface area contributed by atoms with Gasteiger partial charge in [0.05, 0.1) is 13.7 Å². The average molecular weight is 298 g/mol. The van der Waals surface area contributed by atoms with Crippen molar-refractivity contribution in [3.05, 3.63) is 59.7 Å². The summed E-state index contributed by atoms with van der Waals surface area (Å²) in [6.45, 7) is 0.357. The zero-order chi connectivity index (χ0) is 15.9. The molecular formula is C16H18N4O2. The van der Waals surface area contributed by atoms with Crippen LogP contribution in [0, 0.1) is 0 Å². The van der Waals surface area contributed by atoms with Gasteiger partial charge in [-0.1, -0.05) is 12.1 Å². The standard InChI is InChI=1S/C16H18N4O2/c1-22-14-7-5-13(6-8-14)20-16(18)19-10-11-3-2-4-12(9-11)15(17)21/h2-9H,10H2,1H3,(H2,17,21)(H3,18,19,20). The monoisotopic (exact) mass is 298 g/mol. The van der Waals surface area contributed by atoms with Crippen molar-refractivity contribution in [3.63, 3.8) is 0 Å². The van der Waals surface area contributed by atoms with Crippen LogP contribution in [-0.4, -0.2) is 19.0 Å². The van der Waals surface area contributed by atoms with Gasteiger partial charge >= 0.3 is 0 Å². The van der Waals surface area contributed by atoms with E-state index in [4.69, 9.17) is 16.2 Å². The molecule has 1 amide bonds. The summed E-state index contributed by atoms with van der Waals surface area (Å²) in [5.74, 6) is 0.592. The molecule has 6 nitrogen and oxygen atoms in total. The van der Waals surface area contributed by atoms with Gasteiger partial charge in [0.1, 0.15) is 5.75 Å². The molecule has 0 unspecified atom stereocenters. The number of guanidine groups is 1. The van der Waals surface area contributed by atoms with Crippen molar-refractivity contribution < 1.29 is 9.53 Å². The molecule has 0 aliphatic rings. The van der Waals surface area contributed by atoms with E-state index in [1.165, 1.54) is 0 Å². The molecule has 0 saturated carbocycles. The normalized spacial score (nSPS) is 11.0. The van der Waals surface area contributed by atoms with E-state index in [1.54, 1.807) is 25.3 Å². The SMILES string of the molecule is COc1ccc(NC(N)=NCc2cccc(C(N)=O)c2)cc1. The predicted octanol–water partition coefficient (Wildman–Crippen LogP) is 1.72. The Morgan fingerprint density at radius 3 is 2.55 bits per heavy atom. The van der Waals surface area contributed by atoms with Gasteiger partial charge in [0, 0.05) is 11.3 Å². The van der Waals surface area contributed by atoms with Crippen LogP contribution in [0.5, 0.6) is 5.75 Å².